The second kappa shape index (κ2) is 6.47. The lowest BCUT2D eigenvalue weighted by atomic mass is 9.97. The summed E-state index contributed by atoms with van der Waals surface area (Å²) in [6.07, 6.45) is 2.81. The summed E-state index contributed by atoms with van der Waals surface area (Å²) in [4.78, 5) is 25.2. The molecule has 0 unspecified atom stereocenters. The Labute approximate surface area is 140 Å². The SMILES string of the molecule is CC[C@H](C)C(=O)N1CCn2cccc2[C@@H]1c1ccc([N+](=O)[O-])cc1. The molecular formula is C18H21N3O3. The monoisotopic (exact) mass is 327 g/mol. The first kappa shape index (κ1) is 16.2. The first-order valence-electron chi connectivity index (χ1n) is 8.22. The molecule has 0 saturated carbocycles. The second-order valence-corrected chi connectivity index (χ2v) is 6.22. The van der Waals surface area contributed by atoms with Crippen molar-refractivity contribution in [1.29, 1.82) is 0 Å². The molecule has 0 fully saturated rings. The molecule has 1 aliphatic heterocycles. The maximum absolute atomic E-state index is 12.8. The number of benzene rings is 1. The van der Waals surface area contributed by atoms with Gasteiger partial charge in [-0.25, -0.2) is 0 Å². The van der Waals surface area contributed by atoms with Gasteiger partial charge in [-0.1, -0.05) is 13.8 Å². The molecule has 0 saturated heterocycles. The average Bonchev–Trinajstić information content (AvgIpc) is 3.08. The van der Waals surface area contributed by atoms with Crippen LogP contribution in [0.3, 0.4) is 0 Å². The molecule has 0 N–H and O–H groups in total. The van der Waals surface area contributed by atoms with E-state index in [-0.39, 0.29) is 23.6 Å². The van der Waals surface area contributed by atoms with E-state index in [9.17, 15) is 14.9 Å². The molecule has 3 rings (SSSR count). The van der Waals surface area contributed by atoms with Crippen LogP contribution in [0.2, 0.25) is 0 Å². The predicted octanol–water partition coefficient (Wildman–Crippen LogP) is 3.37. The highest BCUT2D eigenvalue weighted by Crippen LogP contribution is 2.34. The molecule has 1 amide bonds. The molecule has 0 radical (unpaired) electrons. The molecule has 2 atom stereocenters. The third-order valence-electron chi connectivity index (χ3n) is 4.77. The van der Waals surface area contributed by atoms with Crippen molar-refractivity contribution in [2.24, 2.45) is 5.92 Å². The maximum Gasteiger partial charge on any atom is 0.269 e. The lowest BCUT2D eigenvalue weighted by molar-refractivity contribution is -0.384. The zero-order chi connectivity index (χ0) is 17.3. The number of carbonyl (C=O) groups is 1. The molecule has 6 heteroatoms. The van der Waals surface area contributed by atoms with Crippen LogP contribution in [0, 0.1) is 16.0 Å². The Morgan fingerprint density at radius 2 is 2.00 bits per heavy atom. The Morgan fingerprint density at radius 3 is 2.62 bits per heavy atom. The summed E-state index contributed by atoms with van der Waals surface area (Å²) in [5.41, 5.74) is 2.01. The highest BCUT2D eigenvalue weighted by molar-refractivity contribution is 5.79. The standard InChI is InChI=1S/C18H21N3O3/c1-3-13(2)18(22)20-12-11-19-10-4-5-16(19)17(20)14-6-8-15(9-7-14)21(23)24/h4-10,13,17H,3,11-12H2,1-2H3/t13-,17-/m0/s1. The van der Waals surface area contributed by atoms with Crippen molar-refractivity contribution < 1.29 is 9.72 Å². The topological polar surface area (TPSA) is 68.4 Å². The van der Waals surface area contributed by atoms with Gasteiger partial charge in [0.25, 0.3) is 5.69 Å². The molecule has 2 aromatic rings. The number of nitro benzene ring substituents is 1. The first-order chi connectivity index (χ1) is 11.5. The van der Waals surface area contributed by atoms with Crippen LogP contribution < -0.4 is 0 Å². The maximum atomic E-state index is 12.8. The van der Waals surface area contributed by atoms with E-state index >= 15 is 0 Å². The van der Waals surface area contributed by atoms with Crippen molar-refractivity contribution in [2.75, 3.05) is 6.54 Å². The van der Waals surface area contributed by atoms with E-state index in [1.165, 1.54) is 12.1 Å². The van der Waals surface area contributed by atoms with Gasteiger partial charge in [0.15, 0.2) is 0 Å². The van der Waals surface area contributed by atoms with E-state index in [0.717, 1.165) is 24.2 Å². The van der Waals surface area contributed by atoms with Crippen LogP contribution in [0.4, 0.5) is 5.69 Å². The second-order valence-electron chi connectivity index (χ2n) is 6.22. The van der Waals surface area contributed by atoms with Crippen LogP contribution in [-0.2, 0) is 11.3 Å². The zero-order valence-electron chi connectivity index (χ0n) is 13.9. The van der Waals surface area contributed by atoms with Crippen molar-refractivity contribution in [1.82, 2.24) is 9.47 Å². The van der Waals surface area contributed by atoms with Gasteiger partial charge in [-0.15, -0.1) is 0 Å². The van der Waals surface area contributed by atoms with Crippen molar-refractivity contribution >= 4 is 11.6 Å². The van der Waals surface area contributed by atoms with Gasteiger partial charge in [0.2, 0.25) is 5.91 Å². The smallest absolute Gasteiger partial charge is 0.269 e. The van der Waals surface area contributed by atoms with Crippen LogP contribution in [0.15, 0.2) is 42.6 Å². The Bertz CT molecular complexity index is 751. The van der Waals surface area contributed by atoms with Gasteiger partial charge in [0.1, 0.15) is 0 Å². The fraction of sp³-hybridized carbons (Fsp3) is 0.389. The van der Waals surface area contributed by atoms with Crippen LogP contribution in [0.5, 0.6) is 0 Å². The molecule has 24 heavy (non-hydrogen) atoms. The lowest BCUT2D eigenvalue weighted by Crippen LogP contribution is -2.44. The van der Waals surface area contributed by atoms with Crippen LogP contribution in [-0.4, -0.2) is 26.8 Å². The van der Waals surface area contributed by atoms with Crippen molar-refractivity contribution in [3.63, 3.8) is 0 Å². The largest absolute Gasteiger partial charge is 0.348 e. The summed E-state index contributed by atoms with van der Waals surface area (Å²) in [7, 11) is 0. The fourth-order valence-electron chi connectivity index (χ4n) is 3.21. The minimum atomic E-state index is -0.407. The summed E-state index contributed by atoms with van der Waals surface area (Å²) in [6.45, 7) is 5.37. The fourth-order valence-corrected chi connectivity index (χ4v) is 3.21. The number of non-ortho nitro benzene ring substituents is 1. The number of carbonyl (C=O) groups excluding carboxylic acids is 1. The first-order valence-corrected chi connectivity index (χ1v) is 8.22. The van der Waals surface area contributed by atoms with Gasteiger partial charge < -0.3 is 9.47 Å². The van der Waals surface area contributed by atoms with E-state index in [2.05, 4.69) is 4.57 Å². The van der Waals surface area contributed by atoms with Gasteiger partial charge in [0.05, 0.1) is 11.0 Å². The molecule has 0 aliphatic carbocycles. The van der Waals surface area contributed by atoms with Gasteiger partial charge in [-0.3, -0.25) is 14.9 Å². The van der Waals surface area contributed by atoms with Gasteiger partial charge >= 0.3 is 0 Å². The van der Waals surface area contributed by atoms with Crippen LogP contribution in [0.1, 0.15) is 37.6 Å². The third kappa shape index (κ3) is 2.79. The molecular weight excluding hydrogens is 306 g/mol. The molecule has 2 heterocycles. The van der Waals surface area contributed by atoms with E-state index in [1.807, 2.05) is 37.1 Å². The summed E-state index contributed by atoms with van der Waals surface area (Å²) in [6, 6.07) is 10.3. The molecule has 0 bridgehead atoms. The number of aromatic nitrogens is 1. The number of nitro groups is 1. The van der Waals surface area contributed by atoms with Gasteiger partial charge in [0, 0.05) is 43.0 Å². The van der Waals surface area contributed by atoms with E-state index in [4.69, 9.17) is 0 Å². The van der Waals surface area contributed by atoms with Crippen LogP contribution >= 0.6 is 0 Å². The number of rotatable bonds is 4. The summed E-state index contributed by atoms with van der Waals surface area (Å²) in [5.74, 6) is 0.0976. The van der Waals surface area contributed by atoms with E-state index in [0.29, 0.717) is 6.54 Å². The Morgan fingerprint density at radius 1 is 1.29 bits per heavy atom. The Hall–Kier alpha value is -2.63. The van der Waals surface area contributed by atoms with E-state index < -0.39 is 4.92 Å². The van der Waals surface area contributed by atoms with Crippen molar-refractivity contribution in [2.45, 2.75) is 32.9 Å². The minimum Gasteiger partial charge on any atom is -0.348 e. The molecule has 0 spiro atoms. The van der Waals surface area contributed by atoms with Crippen LogP contribution in [0.25, 0.3) is 0 Å². The van der Waals surface area contributed by atoms with E-state index in [1.54, 1.807) is 12.1 Å². The third-order valence-corrected chi connectivity index (χ3v) is 4.77. The summed E-state index contributed by atoms with van der Waals surface area (Å²) < 4.78 is 2.15. The Balaban J connectivity index is 2.01. The number of hydrogen-bond donors (Lipinski definition) is 0. The number of hydrogen-bond acceptors (Lipinski definition) is 3. The van der Waals surface area contributed by atoms with Gasteiger partial charge in [-0.2, -0.15) is 0 Å². The molecule has 1 aromatic carbocycles. The highest BCUT2D eigenvalue weighted by Gasteiger charge is 2.33. The predicted molar refractivity (Wildman–Crippen MR) is 90.5 cm³/mol. The minimum absolute atomic E-state index is 0.0351. The number of amides is 1. The number of fused-ring (bicyclic) bond motifs is 1. The summed E-state index contributed by atoms with van der Waals surface area (Å²) >= 11 is 0. The molecule has 6 nitrogen and oxygen atoms in total. The summed E-state index contributed by atoms with van der Waals surface area (Å²) in [5, 5.41) is 10.9. The zero-order valence-corrected chi connectivity index (χ0v) is 13.9. The van der Waals surface area contributed by atoms with Crippen molar-refractivity contribution in [3.05, 3.63) is 64.0 Å². The molecule has 1 aromatic heterocycles. The Kier molecular flexibility index (Phi) is 4.38. The quantitative estimate of drug-likeness (QED) is 0.638. The van der Waals surface area contributed by atoms with Crippen molar-refractivity contribution in [3.8, 4) is 0 Å². The molecule has 126 valence electrons. The van der Waals surface area contributed by atoms with Gasteiger partial charge in [-0.05, 0) is 36.2 Å². The average molecular weight is 327 g/mol. The molecule has 1 aliphatic rings. The number of nitrogens with zero attached hydrogens (tertiary/aromatic N) is 3. The lowest BCUT2D eigenvalue weighted by Gasteiger charge is -2.38. The normalized spacial score (nSPS) is 18.1. The highest BCUT2D eigenvalue weighted by atomic mass is 16.6.